The molecule has 0 aromatic heterocycles. The van der Waals surface area contributed by atoms with Crippen molar-refractivity contribution in [2.75, 3.05) is 0 Å². The Labute approximate surface area is 148 Å². The van der Waals surface area contributed by atoms with Gasteiger partial charge in [0.25, 0.3) is 0 Å². The molecule has 0 heterocycles. The average molecular weight is 333 g/mol. The largest absolute Gasteiger partial charge is 0.465 e. The van der Waals surface area contributed by atoms with E-state index in [1.54, 1.807) is 0 Å². The van der Waals surface area contributed by atoms with Crippen molar-refractivity contribution in [3.63, 3.8) is 0 Å². The van der Waals surface area contributed by atoms with Crippen LogP contribution < -0.4 is 4.74 Å². The van der Waals surface area contributed by atoms with E-state index in [4.69, 9.17) is 9.47 Å². The minimum Gasteiger partial charge on any atom is -0.465 e. The van der Waals surface area contributed by atoms with Crippen molar-refractivity contribution in [3.05, 3.63) is 29.8 Å². The van der Waals surface area contributed by atoms with Gasteiger partial charge < -0.3 is 9.47 Å². The fraction of sp³-hybridized carbons (Fsp3) is 0.727. The van der Waals surface area contributed by atoms with Crippen molar-refractivity contribution in [2.45, 2.75) is 92.0 Å². The minimum atomic E-state index is -0.124. The van der Waals surface area contributed by atoms with Crippen LogP contribution in [0.4, 0.5) is 0 Å². The zero-order valence-corrected chi connectivity index (χ0v) is 16.3. The fourth-order valence-corrected chi connectivity index (χ4v) is 3.58. The zero-order valence-electron chi connectivity index (χ0n) is 16.3. The molecule has 0 N–H and O–H groups in total. The Bertz CT molecular complexity index is 464. The van der Waals surface area contributed by atoms with Crippen molar-refractivity contribution < 1.29 is 9.47 Å². The lowest BCUT2D eigenvalue weighted by Crippen LogP contribution is -2.27. The molecular formula is C22H36O2. The average Bonchev–Trinajstić information content (AvgIpc) is 2.48. The van der Waals surface area contributed by atoms with Crippen molar-refractivity contribution in [3.8, 4) is 5.75 Å². The molecule has 1 fully saturated rings. The Morgan fingerprint density at radius 1 is 1.00 bits per heavy atom. The van der Waals surface area contributed by atoms with Gasteiger partial charge in [-0.05, 0) is 49.3 Å². The standard InChI is InChI=1S/C22H36O2/c1-17(2)23-21(15-18-9-7-6-8-10-18)24-20-13-11-19(12-14-20)16-22(3,4)5/h11-14,17-18,21H,6-10,15-16H2,1-5H3. The summed E-state index contributed by atoms with van der Waals surface area (Å²) in [4.78, 5) is 0. The van der Waals surface area contributed by atoms with Gasteiger partial charge in [-0.25, -0.2) is 0 Å². The molecule has 136 valence electrons. The first-order valence-electron chi connectivity index (χ1n) is 9.73. The lowest BCUT2D eigenvalue weighted by Gasteiger charge is -2.28. The van der Waals surface area contributed by atoms with Gasteiger partial charge in [-0.2, -0.15) is 0 Å². The van der Waals surface area contributed by atoms with E-state index in [2.05, 4.69) is 58.9 Å². The highest BCUT2D eigenvalue weighted by Gasteiger charge is 2.22. The highest BCUT2D eigenvalue weighted by atomic mass is 16.7. The molecule has 2 heteroatoms. The van der Waals surface area contributed by atoms with Crippen LogP contribution in [0.1, 0.15) is 78.7 Å². The third kappa shape index (κ3) is 7.25. The van der Waals surface area contributed by atoms with Crippen molar-refractivity contribution in [1.82, 2.24) is 0 Å². The van der Waals surface area contributed by atoms with Crippen LogP contribution in [0.25, 0.3) is 0 Å². The summed E-state index contributed by atoms with van der Waals surface area (Å²) < 4.78 is 12.2. The van der Waals surface area contributed by atoms with Crippen molar-refractivity contribution >= 4 is 0 Å². The van der Waals surface area contributed by atoms with E-state index in [1.807, 2.05) is 0 Å². The molecule has 1 aliphatic rings. The first-order chi connectivity index (χ1) is 11.3. The van der Waals surface area contributed by atoms with Gasteiger partial charge in [0.15, 0.2) is 6.29 Å². The monoisotopic (exact) mass is 332 g/mol. The maximum atomic E-state index is 6.19. The Balaban J connectivity index is 1.94. The maximum Gasteiger partial charge on any atom is 0.200 e. The van der Waals surface area contributed by atoms with Gasteiger partial charge >= 0.3 is 0 Å². The van der Waals surface area contributed by atoms with Gasteiger partial charge in [0.2, 0.25) is 0 Å². The van der Waals surface area contributed by atoms with Crippen LogP contribution in [0.3, 0.4) is 0 Å². The van der Waals surface area contributed by atoms with E-state index in [1.165, 1.54) is 37.7 Å². The summed E-state index contributed by atoms with van der Waals surface area (Å²) in [5, 5.41) is 0. The molecule has 0 amide bonds. The predicted octanol–water partition coefficient (Wildman–Crippen LogP) is 6.38. The summed E-state index contributed by atoms with van der Waals surface area (Å²) >= 11 is 0. The fourth-order valence-electron chi connectivity index (χ4n) is 3.58. The zero-order chi connectivity index (χ0) is 17.6. The van der Waals surface area contributed by atoms with Crippen LogP contribution in [0.5, 0.6) is 5.75 Å². The lowest BCUT2D eigenvalue weighted by molar-refractivity contribution is -0.120. The number of benzene rings is 1. The summed E-state index contributed by atoms with van der Waals surface area (Å²) in [6.45, 7) is 11.0. The van der Waals surface area contributed by atoms with Gasteiger partial charge in [-0.15, -0.1) is 0 Å². The van der Waals surface area contributed by atoms with E-state index in [9.17, 15) is 0 Å². The van der Waals surface area contributed by atoms with E-state index in [0.29, 0.717) is 5.41 Å². The molecule has 0 spiro atoms. The number of hydrogen-bond donors (Lipinski definition) is 0. The van der Waals surface area contributed by atoms with Crippen LogP contribution in [0.15, 0.2) is 24.3 Å². The molecule has 0 aliphatic heterocycles. The third-order valence-electron chi connectivity index (χ3n) is 4.60. The van der Waals surface area contributed by atoms with Gasteiger partial charge in [0, 0.05) is 6.42 Å². The number of hydrogen-bond acceptors (Lipinski definition) is 2. The number of rotatable bonds is 7. The minimum absolute atomic E-state index is 0.124. The molecule has 1 saturated carbocycles. The summed E-state index contributed by atoms with van der Waals surface area (Å²) in [7, 11) is 0. The molecular weight excluding hydrogens is 296 g/mol. The molecule has 1 aromatic carbocycles. The Hall–Kier alpha value is -1.02. The van der Waals surface area contributed by atoms with Crippen LogP contribution in [0, 0.1) is 11.3 Å². The summed E-state index contributed by atoms with van der Waals surface area (Å²) in [5.74, 6) is 1.68. The van der Waals surface area contributed by atoms with Crippen LogP contribution >= 0.6 is 0 Å². The van der Waals surface area contributed by atoms with Gasteiger partial charge in [0.05, 0.1) is 6.10 Å². The van der Waals surface area contributed by atoms with E-state index in [-0.39, 0.29) is 12.4 Å². The second kappa shape index (κ2) is 8.89. The number of ether oxygens (including phenoxy) is 2. The molecule has 0 radical (unpaired) electrons. The SMILES string of the molecule is CC(C)OC(CC1CCCCC1)Oc1ccc(CC(C)(C)C)cc1. The molecule has 1 unspecified atom stereocenters. The maximum absolute atomic E-state index is 6.19. The topological polar surface area (TPSA) is 18.5 Å². The molecule has 24 heavy (non-hydrogen) atoms. The molecule has 0 saturated heterocycles. The predicted molar refractivity (Wildman–Crippen MR) is 101 cm³/mol. The Morgan fingerprint density at radius 3 is 2.17 bits per heavy atom. The smallest absolute Gasteiger partial charge is 0.200 e. The Kier molecular flexibility index (Phi) is 7.16. The van der Waals surface area contributed by atoms with Crippen LogP contribution in [0.2, 0.25) is 0 Å². The molecule has 2 nitrogen and oxygen atoms in total. The second-order valence-electron chi connectivity index (χ2n) is 8.85. The molecule has 0 bridgehead atoms. The Morgan fingerprint density at radius 2 is 1.62 bits per heavy atom. The highest BCUT2D eigenvalue weighted by Crippen LogP contribution is 2.30. The van der Waals surface area contributed by atoms with Crippen LogP contribution in [-0.4, -0.2) is 12.4 Å². The molecule has 1 aromatic rings. The van der Waals surface area contributed by atoms with E-state index < -0.39 is 0 Å². The molecule has 2 rings (SSSR count). The normalized spacial score (nSPS) is 17.9. The quantitative estimate of drug-likeness (QED) is 0.540. The summed E-state index contributed by atoms with van der Waals surface area (Å²) in [6.07, 6.45) is 8.94. The van der Waals surface area contributed by atoms with Crippen LogP contribution in [-0.2, 0) is 11.2 Å². The van der Waals surface area contributed by atoms with Gasteiger partial charge in [-0.1, -0.05) is 65.0 Å². The summed E-state index contributed by atoms with van der Waals surface area (Å²) in [6, 6.07) is 8.57. The molecule has 1 atom stereocenters. The van der Waals surface area contributed by atoms with Crippen molar-refractivity contribution in [2.24, 2.45) is 11.3 Å². The van der Waals surface area contributed by atoms with E-state index in [0.717, 1.165) is 24.5 Å². The third-order valence-corrected chi connectivity index (χ3v) is 4.60. The first-order valence-corrected chi connectivity index (χ1v) is 9.73. The van der Waals surface area contributed by atoms with Crippen molar-refractivity contribution in [1.29, 1.82) is 0 Å². The first kappa shape index (κ1) is 19.3. The second-order valence-corrected chi connectivity index (χ2v) is 8.85. The van der Waals surface area contributed by atoms with Gasteiger partial charge in [-0.3, -0.25) is 0 Å². The van der Waals surface area contributed by atoms with Gasteiger partial charge in [0.1, 0.15) is 5.75 Å². The lowest BCUT2D eigenvalue weighted by atomic mass is 9.87. The highest BCUT2D eigenvalue weighted by molar-refractivity contribution is 5.28. The summed E-state index contributed by atoms with van der Waals surface area (Å²) in [5.41, 5.74) is 1.68. The molecule has 1 aliphatic carbocycles. The van der Waals surface area contributed by atoms with E-state index >= 15 is 0 Å².